The van der Waals surface area contributed by atoms with Crippen LogP contribution < -0.4 is 5.56 Å². The van der Waals surface area contributed by atoms with Crippen LogP contribution in [0.25, 0.3) is 0 Å². The van der Waals surface area contributed by atoms with Crippen molar-refractivity contribution in [3.63, 3.8) is 0 Å². The Bertz CT molecular complexity index is 712. The summed E-state index contributed by atoms with van der Waals surface area (Å²) in [6.07, 6.45) is 6.92. The molecule has 1 aromatic heterocycles. The molecule has 0 aromatic carbocycles. The number of rotatable bonds is 6. The van der Waals surface area contributed by atoms with Crippen LogP contribution in [-0.2, 0) is 13.1 Å². The van der Waals surface area contributed by atoms with E-state index in [9.17, 15) is 9.90 Å². The van der Waals surface area contributed by atoms with E-state index < -0.39 is 0 Å². The summed E-state index contributed by atoms with van der Waals surface area (Å²) in [5.74, 6) is 0.564. The van der Waals surface area contributed by atoms with Gasteiger partial charge >= 0.3 is 0 Å². The molecule has 0 amide bonds. The van der Waals surface area contributed by atoms with Crippen LogP contribution in [-0.4, -0.2) is 26.5 Å². The highest BCUT2D eigenvalue weighted by Gasteiger charge is 2.20. The first kappa shape index (κ1) is 18.9. The Balaban J connectivity index is 2.47. The van der Waals surface area contributed by atoms with E-state index in [0.717, 1.165) is 6.54 Å². The number of aliphatic imine (C=N–C) groups is 1. The average molecular weight is 352 g/mol. The van der Waals surface area contributed by atoms with Gasteiger partial charge in [0.15, 0.2) is 4.77 Å². The molecule has 1 fully saturated rings. The minimum atomic E-state index is -0.228. The van der Waals surface area contributed by atoms with Crippen molar-refractivity contribution in [2.45, 2.75) is 72.4 Å². The molecule has 0 saturated heterocycles. The molecular formula is C18H29N3O2S. The van der Waals surface area contributed by atoms with Crippen molar-refractivity contribution >= 4 is 17.9 Å². The van der Waals surface area contributed by atoms with E-state index >= 15 is 0 Å². The predicted molar refractivity (Wildman–Crippen MR) is 101 cm³/mol. The lowest BCUT2D eigenvalue weighted by Crippen LogP contribution is -2.30. The van der Waals surface area contributed by atoms with Crippen LogP contribution in [0.5, 0.6) is 5.88 Å². The molecule has 0 spiro atoms. The van der Waals surface area contributed by atoms with Gasteiger partial charge in [0.05, 0.1) is 5.71 Å². The summed E-state index contributed by atoms with van der Waals surface area (Å²) in [6.45, 7) is 7.54. The van der Waals surface area contributed by atoms with Crippen molar-refractivity contribution in [2.24, 2.45) is 10.9 Å². The zero-order chi connectivity index (χ0) is 17.7. The van der Waals surface area contributed by atoms with Crippen molar-refractivity contribution in [1.82, 2.24) is 9.13 Å². The molecule has 1 aliphatic carbocycles. The van der Waals surface area contributed by atoms with Crippen LogP contribution in [0.1, 0.15) is 64.9 Å². The molecule has 1 aromatic rings. The summed E-state index contributed by atoms with van der Waals surface area (Å²) in [5, 5.41) is 10.6. The second-order valence-electron chi connectivity index (χ2n) is 6.42. The Morgan fingerprint density at radius 2 is 1.79 bits per heavy atom. The van der Waals surface area contributed by atoms with Gasteiger partial charge in [-0.25, -0.2) is 0 Å². The highest BCUT2D eigenvalue weighted by atomic mass is 32.1. The normalized spacial score (nSPS) is 16.5. The quantitative estimate of drug-likeness (QED) is 0.624. The maximum Gasteiger partial charge on any atom is 0.267 e. The number of nitrogens with zero attached hydrogens (tertiary/aromatic N) is 3. The van der Waals surface area contributed by atoms with Crippen LogP contribution in [0.15, 0.2) is 9.79 Å². The lowest BCUT2D eigenvalue weighted by Gasteiger charge is -2.20. The summed E-state index contributed by atoms with van der Waals surface area (Å²) < 4.78 is 3.52. The largest absolute Gasteiger partial charge is 0.494 e. The molecule has 134 valence electrons. The van der Waals surface area contributed by atoms with Crippen LogP contribution in [0.2, 0.25) is 0 Å². The summed E-state index contributed by atoms with van der Waals surface area (Å²) in [5.41, 5.74) is 0.794. The van der Waals surface area contributed by atoms with Crippen LogP contribution in [0.4, 0.5) is 0 Å². The molecule has 0 aliphatic heterocycles. The fourth-order valence-corrected chi connectivity index (χ4v) is 3.91. The SMILES string of the molecule is CCC(=NCC1CCCCC1)c1c(O)n(CC)c(=S)n(CC)c1=O. The highest BCUT2D eigenvalue weighted by Crippen LogP contribution is 2.24. The summed E-state index contributed by atoms with van der Waals surface area (Å²) in [7, 11) is 0. The lowest BCUT2D eigenvalue weighted by molar-refractivity contribution is 0.366. The molecule has 2 rings (SSSR count). The van der Waals surface area contributed by atoms with Gasteiger partial charge in [-0.3, -0.25) is 18.9 Å². The zero-order valence-corrected chi connectivity index (χ0v) is 15.9. The predicted octanol–water partition coefficient (Wildman–Crippen LogP) is 3.90. The van der Waals surface area contributed by atoms with E-state index in [1.165, 1.54) is 32.1 Å². The van der Waals surface area contributed by atoms with E-state index in [-0.39, 0.29) is 11.4 Å². The standard InChI is InChI=1S/C18H29N3O2S/c1-4-14(19-12-13-10-8-7-9-11-13)15-16(22)20(5-2)18(24)21(6-3)17(15)23/h13,22H,4-12H2,1-3H3. The van der Waals surface area contributed by atoms with Crippen LogP contribution >= 0.6 is 12.2 Å². The second kappa shape index (κ2) is 8.60. The number of aromatic hydroxyl groups is 1. The van der Waals surface area contributed by atoms with E-state index in [2.05, 4.69) is 0 Å². The fourth-order valence-electron chi connectivity index (χ4n) is 3.48. The smallest absolute Gasteiger partial charge is 0.267 e. The van der Waals surface area contributed by atoms with Gasteiger partial charge in [-0.15, -0.1) is 0 Å². The summed E-state index contributed by atoms with van der Waals surface area (Å²) >= 11 is 5.34. The Morgan fingerprint density at radius 1 is 1.17 bits per heavy atom. The van der Waals surface area contributed by atoms with Crippen molar-refractivity contribution in [2.75, 3.05) is 6.54 Å². The average Bonchev–Trinajstić information content (AvgIpc) is 2.59. The molecule has 0 bridgehead atoms. The summed E-state index contributed by atoms with van der Waals surface area (Å²) in [6, 6.07) is 0. The van der Waals surface area contributed by atoms with Crippen molar-refractivity contribution in [3.05, 3.63) is 20.7 Å². The van der Waals surface area contributed by atoms with E-state index in [0.29, 0.717) is 41.5 Å². The first-order valence-corrected chi connectivity index (χ1v) is 9.56. The lowest BCUT2D eigenvalue weighted by atomic mass is 9.89. The molecule has 5 nitrogen and oxygen atoms in total. The van der Waals surface area contributed by atoms with Gasteiger partial charge in [0.2, 0.25) is 5.88 Å². The van der Waals surface area contributed by atoms with Crippen molar-refractivity contribution < 1.29 is 5.11 Å². The molecular weight excluding hydrogens is 322 g/mol. The first-order valence-electron chi connectivity index (χ1n) is 9.15. The number of hydrogen-bond donors (Lipinski definition) is 1. The molecule has 1 aliphatic rings. The molecule has 0 atom stereocenters. The topological polar surface area (TPSA) is 59.5 Å². The van der Waals surface area contributed by atoms with Gasteiger partial charge < -0.3 is 5.11 Å². The molecule has 0 radical (unpaired) electrons. The van der Waals surface area contributed by atoms with Gasteiger partial charge in [-0.05, 0) is 51.2 Å². The molecule has 0 unspecified atom stereocenters. The fraction of sp³-hybridized carbons (Fsp3) is 0.722. The van der Waals surface area contributed by atoms with Crippen LogP contribution in [0.3, 0.4) is 0 Å². The Morgan fingerprint density at radius 3 is 2.33 bits per heavy atom. The third-order valence-electron chi connectivity index (χ3n) is 4.92. The van der Waals surface area contributed by atoms with Crippen molar-refractivity contribution in [1.29, 1.82) is 0 Å². The maximum absolute atomic E-state index is 12.8. The van der Waals surface area contributed by atoms with E-state index in [1.807, 2.05) is 20.8 Å². The number of hydrogen-bond acceptors (Lipinski definition) is 4. The second-order valence-corrected chi connectivity index (χ2v) is 6.78. The minimum absolute atomic E-state index is 0.0403. The van der Waals surface area contributed by atoms with Crippen LogP contribution in [0, 0.1) is 10.7 Å². The molecule has 1 heterocycles. The molecule has 1 saturated carbocycles. The van der Waals surface area contributed by atoms with Gasteiger partial charge in [0.25, 0.3) is 5.56 Å². The molecule has 24 heavy (non-hydrogen) atoms. The highest BCUT2D eigenvalue weighted by molar-refractivity contribution is 7.71. The van der Waals surface area contributed by atoms with Gasteiger partial charge in [0, 0.05) is 19.6 Å². The number of aromatic nitrogens is 2. The Labute approximate surface area is 149 Å². The molecule has 6 heteroatoms. The van der Waals surface area contributed by atoms with Crippen molar-refractivity contribution in [3.8, 4) is 5.88 Å². The minimum Gasteiger partial charge on any atom is -0.494 e. The Kier molecular flexibility index (Phi) is 6.78. The van der Waals surface area contributed by atoms with Gasteiger partial charge in [0.1, 0.15) is 5.56 Å². The van der Waals surface area contributed by atoms with Gasteiger partial charge in [-0.2, -0.15) is 0 Å². The third kappa shape index (κ3) is 3.79. The zero-order valence-electron chi connectivity index (χ0n) is 15.0. The first-order chi connectivity index (χ1) is 11.5. The third-order valence-corrected chi connectivity index (χ3v) is 5.36. The van der Waals surface area contributed by atoms with E-state index in [1.54, 1.807) is 9.13 Å². The van der Waals surface area contributed by atoms with Gasteiger partial charge in [-0.1, -0.05) is 26.2 Å². The monoisotopic (exact) mass is 351 g/mol. The maximum atomic E-state index is 12.8. The summed E-state index contributed by atoms with van der Waals surface area (Å²) in [4.78, 5) is 17.5. The molecule has 1 N–H and O–H groups in total. The Hall–Kier alpha value is -1.43. The van der Waals surface area contributed by atoms with E-state index in [4.69, 9.17) is 17.2 Å².